The van der Waals surface area contributed by atoms with E-state index in [0.717, 1.165) is 0 Å². The maximum atomic E-state index is 11.8. The summed E-state index contributed by atoms with van der Waals surface area (Å²) < 4.78 is 16.3. The molecule has 27 heavy (non-hydrogen) atoms. The highest BCUT2D eigenvalue weighted by molar-refractivity contribution is 6.07. The Hall–Kier alpha value is -2.39. The number of aryl methyl sites for hydroxylation is 1. The summed E-state index contributed by atoms with van der Waals surface area (Å²) in [6.45, 7) is 2.63. The standard InChI is InChI=1S/C19H22O8/c1-8-4-10-5-11(26-19-18(24)16(22)13(7-20)27-19)6-12(25-3)15(10)17(23)14(8)9(2)21/h4-6,13,16,18-20,22-24H,7H2,1-3H3/t13-,16+,18+,19+/m0/s1. The molecule has 0 aliphatic carbocycles. The van der Waals surface area contributed by atoms with E-state index in [-0.39, 0.29) is 28.6 Å². The number of hydrogen-bond acceptors (Lipinski definition) is 8. The second-order valence-corrected chi connectivity index (χ2v) is 6.52. The van der Waals surface area contributed by atoms with Crippen molar-refractivity contribution in [1.82, 2.24) is 0 Å². The van der Waals surface area contributed by atoms with Crippen molar-refractivity contribution in [3.63, 3.8) is 0 Å². The first-order chi connectivity index (χ1) is 12.8. The third kappa shape index (κ3) is 3.32. The Balaban J connectivity index is 2.04. The fraction of sp³-hybridized carbons (Fsp3) is 0.421. The molecule has 8 heteroatoms. The minimum atomic E-state index is -1.33. The Labute approximate surface area is 155 Å². The highest BCUT2D eigenvalue weighted by Crippen LogP contribution is 2.41. The van der Waals surface area contributed by atoms with Gasteiger partial charge in [0, 0.05) is 6.07 Å². The molecule has 0 bridgehead atoms. The second-order valence-electron chi connectivity index (χ2n) is 6.52. The molecular formula is C19H22O8. The number of aliphatic hydroxyl groups is 3. The predicted octanol–water partition coefficient (Wildman–Crippen LogP) is 0.883. The third-order valence-electron chi connectivity index (χ3n) is 4.67. The summed E-state index contributed by atoms with van der Waals surface area (Å²) in [4.78, 5) is 11.8. The number of Topliss-reactive ketones (excluding diaryl/α,β-unsaturated/α-hetero) is 1. The van der Waals surface area contributed by atoms with Crippen LogP contribution in [-0.4, -0.2) is 64.5 Å². The van der Waals surface area contributed by atoms with Crippen LogP contribution in [0.4, 0.5) is 0 Å². The quantitative estimate of drug-likeness (QED) is 0.565. The average molecular weight is 378 g/mol. The summed E-state index contributed by atoms with van der Waals surface area (Å²) in [5, 5.41) is 40.5. The number of ketones is 1. The number of rotatable bonds is 5. The first-order valence-corrected chi connectivity index (χ1v) is 8.42. The first kappa shape index (κ1) is 19.4. The van der Waals surface area contributed by atoms with Crippen molar-refractivity contribution in [3.8, 4) is 17.2 Å². The van der Waals surface area contributed by atoms with Gasteiger partial charge in [-0.25, -0.2) is 0 Å². The molecular weight excluding hydrogens is 356 g/mol. The van der Waals surface area contributed by atoms with E-state index in [9.17, 15) is 20.1 Å². The zero-order valence-corrected chi connectivity index (χ0v) is 15.2. The summed E-state index contributed by atoms with van der Waals surface area (Å²) >= 11 is 0. The van der Waals surface area contributed by atoms with Crippen molar-refractivity contribution < 1.29 is 39.4 Å². The fourth-order valence-corrected chi connectivity index (χ4v) is 3.37. The monoisotopic (exact) mass is 378 g/mol. The number of benzene rings is 2. The van der Waals surface area contributed by atoms with Gasteiger partial charge >= 0.3 is 0 Å². The van der Waals surface area contributed by atoms with E-state index in [1.54, 1.807) is 19.1 Å². The van der Waals surface area contributed by atoms with Gasteiger partial charge in [0.1, 0.15) is 35.6 Å². The molecule has 8 nitrogen and oxygen atoms in total. The van der Waals surface area contributed by atoms with Crippen molar-refractivity contribution >= 4 is 16.6 Å². The highest BCUT2D eigenvalue weighted by atomic mass is 16.7. The molecule has 1 aliphatic rings. The SMILES string of the molecule is COc1cc(O[C@@H]2O[C@@H](CO)[C@@H](O)[C@H]2O)cc2cc(C)c(C(C)=O)c(O)c12. The van der Waals surface area contributed by atoms with Gasteiger partial charge < -0.3 is 34.6 Å². The van der Waals surface area contributed by atoms with E-state index in [1.165, 1.54) is 20.1 Å². The zero-order valence-electron chi connectivity index (χ0n) is 15.2. The molecule has 0 saturated carbocycles. The van der Waals surface area contributed by atoms with Crippen molar-refractivity contribution in [2.75, 3.05) is 13.7 Å². The van der Waals surface area contributed by atoms with Gasteiger partial charge in [-0.3, -0.25) is 4.79 Å². The van der Waals surface area contributed by atoms with Gasteiger partial charge in [0.25, 0.3) is 0 Å². The molecule has 0 radical (unpaired) electrons. The largest absolute Gasteiger partial charge is 0.506 e. The lowest BCUT2D eigenvalue weighted by atomic mass is 9.97. The van der Waals surface area contributed by atoms with Crippen LogP contribution in [0.2, 0.25) is 0 Å². The molecule has 2 aromatic carbocycles. The van der Waals surface area contributed by atoms with Crippen LogP contribution in [0.3, 0.4) is 0 Å². The predicted molar refractivity (Wildman–Crippen MR) is 95.3 cm³/mol. The summed E-state index contributed by atoms with van der Waals surface area (Å²) in [5.41, 5.74) is 0.817. The van der Waals surface area contributed by atoms with E-state index < -0.39 is 31.2 Å². The minimum Gasteiger partial charge on any atom is -0.506 e. The number of carbonyl (C=O) groups excluding carboxylic acids is 1. The Morgan fingerprint density at radius 3 is 2.48 bits per heavy atom. The molecule has 2 aromatic rings. The van der Waals surface area contributed by atoms with Crippen LogP contribution >= 0.6 is 0 Å². The minimum absolute atomic E-state index is 0.172. The smallest absolute Gasteiger partial charge is 0.229 e. The lowest BCUT2D eigenvalue weighted by molar-refractivity contribution is -0.116. The summed E-state index contributed by atoms with van der Waals surface area (Å²) in [7, 11) is 1.41. The molecule has 4 N–H and O–H groups in total. The molecule has 0 amide bonds. The number of phenols is 1. The zero-order chi connectivity index (χ0) is 19.9. The number of ether oxygens (including phenoxy) is 3. The van der Waals surface area contributed by atoms with Crippen molar-refractivity contribution in [2.24, 2.45) is 0 Å². The molecule has 1 aliphatic heterocycles. The molecule has 1 saturated heterocycles. The number of aromatic hydroxyl groups is 1. The molecule has 1 heterocycles. The van der Waals surface area contributed by atoms with Gasteiger partial charge in [0.05, 0.1) is 24.7 Å². The van der Waals surface area contributed by atoms with Crippen LogP contribution in [0.15, 0.2) is 18.2 Å². The molecule has 0 spiro atoms. The van der Waals surface area contributed by atoms with Crippen LogP contribution in [0.1, 0.15) is 22.8 Å². The number of fused-ring (bicyclic) bond motifs is 1. The van der Waals surface area contributed by atoms with Crippen molar-refractivity contribution in [1.29, 1.82) is 0 Å². The number of aliphatic hydroxyl groups excluding tert-OH is 3. The van der Waals surface area contributed by atoms with Crippen LogP contribution in [0.5, 0.6) is 17.2 Å². The molecule has 1 fully saturated rings. The first-order valence-electron chi connectivity index (χ1n) is 8.42. The fourth-order valence-electron chi connectivity index (χ4n) is 3.37. The molecule has 146 valence electrons. The summed E-state index contributed by atoms with van der Waals surface area (Å²) in [6, 6.07) is 4.80. The second kappa shape index (κ2) is 7.32. The summed E-state index contributed by atoms with van der Waals surface area (Å²) in [5.74, 6) is 0.104. The number of carbonyl (C=O) groups is 1. The third-order valence-corrected chi connectivity index (χ3v) is 4.67. The molecule has 0 aromatic heterocycles. The van der Waals surface area contributed by atoms with Crippen LogP contribution in [0.25, 0.3) is 10.8 Å². The van der Waals surface area contributed by atoms with Gasteiger partial charge in [-0.05, 0) is 30.9 Å². The molecule has 3 rings (SSSR count). The van der Waals surface area contributed by atoms with E-state index >= 15 is 0 Å². The maximum Gasteiger partial charge on any atom is 0.229 e. The summed E-state index contributed by atoms with van der Waals surface area (Å²) in [6.07, 6.45) is -4.73. The van der Waals surface area contributed by atoms with E-state index in [0.29, 0.717) is 16.3 Å². The Bertz CT molecular complexity index is 878. The topological polar surface area (TPSA) is 126 Å². The lowest BCUT2D eigenvalue weighted by Crippen LogP contribution is -2.35. The number of methoxy groups -OCH3 is 1. The van der Waals surface area contributed by atoms with Crippen molar-refractivity contribution in [2.45, 2.75) is 38.4 Å². The van der Waals surface area contributed by atoms with E-state index in [2.05, 4.69) is 0 Å². The van der Waals surface area contributed by atoms with E-state index in [4.69, 9.17) is 19.3 Å². The van der Waals surface area contributed by atoms with Gasteiger partial charge in [0.2, 0.25) is 6.29 Å². The van der Waals surface area contributed by atoms with Crippen molar-refractivity contribution in [3.05, 3.63) is 29.3 Å². The average Bonchev–Trinajstić information content (AvgIpc) is 2.88. The maximum absolute atomic E-state index is 11.8. The van der Waals surface area contributed by atoms with E-state index in [1.807, 2.05) is 0 Å². The lowest BCUT2D eigenvalue weighted by Gasteiger charge is -2.19. The van der Waals surface area contributed by atoms with Gasteiger partial charge in [-0.1, -0.05) is 6.07 Å². The Kier molecular flexibility index (Phi) is 5.25. The van der Waals surface area contributed by atoms with Crippen LogP contribution in [-0.2, 0) is 4.74 Å². The number of hydrogen-bond donors (Lipinski definition) is 4. The Morgan fingerprint density at radius 1 is 1.22 bits per heavy atom. The molecule has 0 unspecified atom stereocenters. The normalized spacial score (nSPS) is 25.0. The number of phenolic OH excluding ortho intramolecular Hbond substituents is 1. The molecule has 4 atom stereocenters. The van der Waals surface area contributed by atoms with Crippen LogP contribution < -0.4 is 9.47 Å². The van der Waals surface area contributed by atoms with Gasteiger partial charge in [0.15, 0.2) is 5.78 Å². The van der Waals surface area contributed by atoms with Gasteiger partial charge in [-0.2, -0.15) is 0 Å². The Morgan fingerprint density at radius 2 is 1.93 bits per heavy atom. The van der Waals surface area contributed by atoms with Crippen LogP contribution in [0, 0.1) is 6.92 Å². The highest BCUT2D eigenvalue weighted by Gasteiger charge is 2.44. The van der Waals surface area contributed by atoms with Gasteiger partial charge in [-0.15, -0.1) is 0 Å².